The summed E-state index contributed by atoms with van der Waals surface area (Å²) >= 11 is 0. The zero-order valence-corrected chi connectivity index (χ0v) is 22.6. The number of aliphatic hydroxyl groups is 1. The number of methoxy groups -OCH3 is 2. The van der Waals surface area contributed by atoms with Crippen LogP contribution in [-0.4, -0.2) is 50.0 Å². The highest BCUT2D eigenvalue weighted by atomic mass is 16.5. The highest BCUT2D eigenvalue weighted by molar-refractivity contribution is 6.09. The molecule has 0 saturated carbocycles. The van der Waals surface area contributed by atoms with Crippen molar-refractivity contribution >= 4 is 17.5 Å². The summed E-state index contributed by atoms with van der Waals surface area (Å²) in [5.74, 6) is -0.168. The number of ether oxygens (including phenoxy) is 4. The number of carbonyl (C=O) groups excluding carboxylic acids is 2. The van der Waals surface area contributed by atoms with Crippen LogP contribution < -0.4 is 14.2 Å². The van der Waals surface area contributed by atoms with Gasteiger partial charge < -0.3 is 24.1 Å². The van der Waals surface area contributed by atoms with Crippen molar-refractivity contribution in [1.29, 1.82) is 0 Å². The third-order valence-corrected chi connectivity index (χ3v) is 6.99. The zero-order valence-electron chi connectivity index (χ0n) is 22.6. The van der Waals surface area contributed by atoms with Gasteiger partial charge in [-0.3, -0.25) is 14.6 Å². The summed E-state index contributed by atoms with van der Waals surface area (Å²) in [4.78, 5) is 31.9. The molecule has 8 heteroatoms. The van der Waals surface area contributed by atoms with Gasteiger partial charge in [-0.25, -0.2) is 0 Å². The van der Waals surface area contributed by atoms with E-state index in [1.165, 1.54) is 7.11 Å². The molecule has 1 unspecified atom stereocenters. The van der Waals surface area contributed by atoms with Crippen molar-refractivity contribution in [3.63, 3.8) is 0 Å². The third kappa shape index (κ3) is 5.75. The Balaban J connectivity index is 1.72. The first-order valence-corrected chi connectivity index (χ1v) is 12.7. The first-order valence-electron chi connectivity index (χ1n) is 12.7. The molecule has 1 heterocycles. The Kier molecular flexibility index (Phi) is 8.21. The summed E-state index contributed by atoms with van der Waals surface area (Å²) in [5.41, 5.74) is 3.24. The molecule has 1 aliphatic heterocycles. The van der Waals surface area contributed by atoms with E-state index in [9.17, 15) is 9.59 Å². The average Bonchev–Trinajstić information content (AvgIpc) is 2.89. The van der Waals surface area contributed by atoms with E-state index in [1.807, 2.05) is 37.3 Å². The van der Waals surface area contributed by atoms with Gasteiger partial charge in [-0.05, 0) is 54.2 Å². The molecule has 2 atom stereocenters. The number of ketones is 1. The quantitative estimate of drug-likeness (QED) is 0.480. The second kappa shape index (κ2) is 11.4. The van der Waals surface area contributed by atoms with E-state index in [0.717, 1.165) is 16.8 Å². The average molecular weight is 522 g/mol. The maximum atomic E-state index is 13.6. The van der Waals surface area contributed by atoms with Crippen LogP contribution in [0.4, 0.5) is 0 Å². The number of nitrogens with zero attached hydrogens (tertiary/aromatic N) is 1. The van der Waals surface area contributed by atoms with E-state index in [-0.39, 0.29) is 31.0 Å². The van der Waals surface area contributed by atoms with Gasteiger partial charge in [0, 0.05) is 29.3 Å². The third-order valence-electron chi connectivity index (χ3n) is 6.99. The highest BCUT2D eigenvalue weighted by Gasteiger charge is 2.46. The SMILES string of the molecule is COc1ccc(COC(=O)C2C(C)=NC3=C(C(=O)CC(C)(C)C3)[C@H]2c2ccc(OCCO)c(OC)c2)cc1. The standard InChI is InChI=1S/C30H35NO7/c1-18-26(29(34)38-17-19-6-9-21(35-4)10-7-19)27(28-22(31-18)15-30(2,3)16-23(28)33)20-8-11-24(37-13-12-32)25(14-20)36-5/h6-11,14,26-27,32H,12-13,15-17H2,1-5H3/t26?,27-/m0/s1. The molecule has 0 saturated heterocycles. The fraction of sp³-hybridized carbons (Fsp3) is 0.433. The number of allylic oxidation sites excluding steroid dienone is 2. The molecule has 2 aromatic rings. The highest BCUT2D eigenvalue weighted by Crippen LogP contribution is 2.49. The molecule has 0 spiro atoms. The van der Waals surface area contributed by atoms with E-state index < -0.39 is 17.8 Å². The molecule has 4 rings (SSSR count). The smallest absolute Gasteiger partial charge is 0.315 e. The van der Waals surface area contributed by atoms with E-state index >= 15 is 0 Å². The molecule has 38 heavy (non-hydrogen) atoms. The van der Waals surface area contributed by atoms with Crippen molar-refractivity contribution in [1.82, 2.24) is 0 Å². The molecule has 2 aliphatic rings. The molecular weight excluding hydrogens is 486 g/mol. The van der Waals surface area contributed by atoms with Gasteiger partial charge in [0.15, 0.2) is 17.3 Å². The molecular formula is C30H35NO7. The van der Waals surface area contributed by atoms with Crippen molar-refractivity contribution in [2.24, 2.45) is 16.3 Å². The van der Waals surface area contributed by atoms with Crippen LogP contribution in [0, 0.1) is 11.3 Å². The van der Waals surface area contributed by atoms with Gasteiger partial charge in [-0.2, -0.15) is 0 Å². The van der Waals surface area contributed by atoms with Crippen LogP contribution in [-0.2, 0) is 20.9 Å². The maximum Gasteiger partial charge on any atom is 0.315 e. The predicted molar refractivity (Wildman–Crippen MR) is 143 cm³/mol. The molecule has 1 aliphatic carbocycles. The predicted octanol–water partition coefficient (Wildman–Crippen LogP) is 4.64. The second-order valence-electron chi connectivity index (χ2n) is 10.4. The molecule has 0 fully saturated rings. The zero-order chi connectivity index (χ0) is 27.4. The van der Waals surface area contributed by atoms with E-state index in [2.05, 4.69) is 13.8 Å². The molecule has 0 aromatic heterocycles. The molecule has 8 nitrogen and oxygen atoms in total. The minimum atomic E-state index is -0.772. The van der Waals surface area contributed by atoms with E-state index in [1.54, 1.807) is 19.2 Å². The van der Waals surface area contributed by atoms with Gasteiger partial charge >= 0.3 is 5.97 Å². The summed E-state index contributed by atoms with van der Waals surface area (Å²) < 4.78 is 22.1. The van der Waals surface area contributed by atoms with Crippen LogP contribution in [0.15, 0.2) is 58.7 Å². The summed E-state index contributed by atoms with van der Waals surface area (Å²) in [5, 5.41) is 9.15. The van der Waals surface area contributed by atoms with Gasteiger partial charge in [0.1, 0.15) is 24.9 Å². The number of Topliss-reactive ketones (excluding diaryl/α,β-unsaturated/α-hetero) is 1. The van der Waals surface area contributed by atoms with E-state index in [4.69, 9.17) is 29.0 Å². The normalized spacial score (nSPS) is 20.4. The second-order valence-corrected chi connectivity index (χ2v) is 10.4. The van der Waals surface area contributed by atoms with Gasteiger partial charge in [-0.15, -0.1) is 0 Å². The number of benzene rings is 2. The Morgan fingerprint density at radius 3 is 2.45 bits per heavy atom. The summed E-state index contributed by atoms with van der Waals surface area (Å²) in [6.07, 6.45) is 1.02. The Morgan fingerprint density at radius 2 is 1.79 bits per heavy atom. The molecule has 0 amide bonds. The fourth-order valence-electron chi connectivity index (χ4n) is 5.23. The van der Waals surface area contributed by atoms with Crippen molar-refractivity contribution in [3.8, 4) is 17.2 Å². The Bertz CT molecular complexity index is 1260. The van der Waals surface area contributed by atoms with Crippen LogP contribution in [0.1, 0.15) is 50.7 Å². The lowest BCUT2D eigenvalue weighted by atomic mass is 9.67. The minimum absolute atomic E-state index is 0.00923. The molecule has 0 bridgehead atoms. The first-order chi connectivity index (χ1) is 18.2. The number of hydrogen-bond donors (Lipinski definition) is 1. The number of aliphatic imine (C=N–C) groups is 1. The molecule has 202 valence electrons. The lowest BCUT2D eigenvalue weighted by molar-refractivity contribution is -0.148. The van der Waals surface area contributed by atoms with Crippen molar-refractivity contribution < 1.29 is 33.6 Å². The number of hydrogen-bond acceptors (Lipinski definition) is 8. The van der Waals surface area contributed by atoms with Gasteiger partial charge in [0.2, 0.25) is 0 Å². The lowest BCUT2D eigenvalue weighted by Crippen LogP contribution is -2.39. The van der Waals surface area contributed by atoms with E-state index in [0.29, 0.717) is 41.4 Å². The maximum absolute atomic E-state index is 13.6. The number of rotatable bonds is 9. The number of esters is 1. The molecule has 0 radical (unpaired) electrons. The van der Waals surface area contributed by atoms with Crippen LogP contribution in [0.2, 0.25) is 0 Å². The Morgan fingerprint density at radius 1 is 1.05 bits per heavy atom. The van der Waals surface area contributed by atoms with Gasteiger partial charge in [-0.1, -0.05) is 32.0 Å². The van der Waals surface area contributed by atoms with Crippen molar-refractivity contribution in [2.45, 2.75) is 46.1 Å². The fourth-order valence-corrected chi connectivity index (χ4v) is 5.23. The molecule has 2 aromatic carbocycles. The Hall–Kier alpha value is -3.65. The van der Waals surface area contributed by atoms with Crippen LogP contribution in [0.3, 0.4) is 0 Å². The lowest BCUT2D eigenvalue weighted by Gasteiger charge is -2.39. The number of aliphatic hydroxyl groups excluding tert-OH is 1. The summed E-state index contributed by atoms with van der Waals surface area (Å²) in [7, 11) is 3.12. The van der Waals surface area contributed by atoms with Crippen LogP contribution in [0.25, 0.3) is 0 Å². The minimum Gasteiger partial charge on any atom is -0.497 e. The summed E-state index contributed by atoms with van der Waals surface area (Å²) in [6.45, 7) is 6.00. The van der Waals surface area contributed by atoms with Gasteiger partial charge in [0.05, 0.1) is 20.8 Å². The van der Waals surface area contributed by atoms with Crippen molar-refractivity contribution in [2.75, 3.05) is 27.4 Å². The monoisotopic (exact) mass is 521 g/mol. The first kappa shape index (κ1) is 27.4. The largest absolute Gasteiger partial charge is 0.497 e. The molecule has 1 N–H and O–H groups in total. The summed E-state index contributed by atoms with van der Waals surface area (Å²) in [6, 6.07) is 12.7. The Labute approximate surface area is 223 Å². The van der Waals surface area contributed by atoms with Crippen molar-refractivity contribution in [3.05, 3.63) is 64.9 Å². The topological polar surface area (TPSA) is 104 Å². The van der Waals surface area contributed by atoms with Crippen LogP contribution >= 0.6 is 0 Å². The van der Waals surface area contributed by atoms with Gasteiger partial charge in [0.25, 0.3) is 0 Å². The van der Waals surface area contributed by atoms with Crippen LogP contribution in [0.5, 0.6) is 17.2 Å². The number of carbonyl (C=O) groups is 2.